The maximum absolute atomic E-state index is 13.3. The minimum atomic E-state index is -3.93. The Balaban J connectivity index is 0. The van der Waals surface area contributed by atoms with E-state index in [-0.39, 0.29) is 17.4 Å². The summed E-state index contributed by atoms with van der Waals surface area (Å²) in [7, 11) is -3.93. The van der Waals surface area contributed by atoms with Crippen LogP contribution in [-0.2, 0) is 4.57 Å². The minimum Gasteiger partial charge on any atom is -0.852 e. The normalized spacial score (nSPS) is 10.1. The van der Waals surface area contributed by atoms with Crippen molar-refractivity contribution in [1.82, 2.24) is 0 Å². The predicted molar refractivity (Wildman–Crippen MR) is 154 cm³/mol. The van der Waals surface area contributed by atoms with Gasteiger partial charge in [-0.3, -0.25) is 0 Å². The van der Waals surface area contributed by atoms with E-state index in [0.717, 1.165) is 16.7 Å². The molecule has 0 fully saturated rings. The summed E-state index contributed by atoms with van der Waals surface area (Å²) in [6, 6.07) is 21.6. The van der Waals surface area contributed by atoms with Gasteiger partial charge >= 0.3 is 25.2 Å². The quantitative estimate of drug-likeness (QED) is 0.297. The van der Waals surface area contributed by atoms with E-state index in [1.165, 1.54) is 0 Å². The molecular formula is C30H42AlO7P. The Morgan fingerprint density at radius 1 is 0.487 bits per heavy atom. The third-order valence-electron chi connectivity index (χ3n) is 3.71. The molecule has 0 aliphatic heterocycles. The first kappa shape index (κ1) is 38.8. The fraction of sp³-hybridized carbons (Fsp3) is 0.400. The number of hydrogen-bond donors (Lipinski definition) is 0. The molecule has 0 heterocycles. The first-order valence-corrected chi connectivity index (χ1v) is 13.9. The van der Waals surface area contributed by atoms with Gasteiger partial charge in [0.2, 0.25) is 0 Å². The Labute approximate surface area is 245 Å². The van der Waals surface area contributed by atoms with Crippen LogP contribution < -0.4 is 28.9 Å². The third-order valence-corrected chi connectivity index (χ3v) is 5.02. The van der Waals surface area contributed by atoms with E-state index in [1.807, 2.05) is 57.2 Å². The molecule has 0 aromatic heterocycles. The van der Waals surface area contributed by atoms with E-state index in [4.69, 9.17) is 13.6 Å². The van der Waals surface area contributed by atoms with Gasteiger partial charge in [0, 0.05) is 0 Å². The van der Waals surface area contributed by atoms with Crippen LogP contribution in [0.4, 0.5) is 0 Å². The molecule has 3 rings (SSSR count). The summed E-state index contributed by atoms with van der Waals surface area (Å²) in [6.45, 7) is 15.6. The largest absolute Gasteiger partial charge is 3.00 e. The first-order valence-electron chi connectivity index (χ1n) is 12.5. The summed E-state index contributed by atoms with van der Waals surface area (Å²) < 4.78 is 30.2. The molecule has 7 nitrogen and oxygen atoms in total. The van der Waals surface area contributed by atoms with Gasteiger partial charge in [-0.1, -0.05) is 94.6 Å². The Bertz CT molecular complexity index is 907. The van der Waals surface area contributed by atoms with Gasteiger partial charge in [-0.25, -0.2) is 0 Å². The van der Waals surface area contributed by atoms with Gasteiger partial charge in [-0.2, -0.15) is 4.57 Å². The number of hydrogen-bond acceptors (Lipinski definition) is 7. The molecule has 0 bridgehead atoms. The minimum absolute atomic E-state index is 0. The van der Waals surface area contributed by atoms with E-state index in [9.17, 15) is 19.9 Å². The Hall–Kier alpha value is -2.30. The van der Waals surface area contributed by atoms with Gasteiger partial charge in [0.15, 0.2) is 0 Å². The van der Waals surface area contributed by atoms with Gasteiger partial charge < -0.3 is 28.9 Å². The molecule has 0 saturated heterocycles. The number of benzene rings is 3. The van der Waals surface area contributed by atoms with Crippen molar-refractivity contribution in [3.05, 3.63) is 89.5 Å². The van der Waals surface area contributed by atoms with E-state index in [0.29, 0.717) is 17.2 Å². The van der Waals surface area contributed by atoms with Crippen molar-refractivity contribution in [2.45, 2.75) is 80.6 Å². The van der Waals surface area contributed by atoms with Crippen LogP contribution in [0.2, 0.25) is 0 Å². The molecule has 0 unspecified atom stereocenters. The standard InChI is InChI=1S/C21H21O4P.3C3H7O.Al/c1-16-4-10-19(11-5-16)23-26(22,24-20-12-6-17(2)7-13-20)25-21-14-8-18(3)9-15-21;3*1-3(2)4;/h4-15H,1-3H3;3*3H,1-2H3;/q;3*-1;+3. The smallest absolute Gasteiger partial charge is 0.852 e. The van der Waals surface area contributed by atoms with Crippen LogP contribution in [0.15, 0.2) is 72.8 Å². The molecule has 0 amide bonds. The monoisotopic (exact) mass is 572 g/mol. The topological polar surface area (TPSA) is 114 Å². The molecule has 9 heteroatoms. The zero-order valence-electron chi connectivity index (χ0n) is 24.5. The Morgan fingerprint density at radius 2 is 0.641 bits per heavy atom. The second-order valence-corrected chi connectivity index (χ2v) is 10.7. The van der Waals surface area contributed by atoms with E-state index >= 15 is 0 Å². The molecule has 39 heavy (non-hydrogen) atoms. The van der Waals surface area contributed by atoms with Crippen LogP contribution in [0.25, 0.3) is 0 Å². The Kier molecular flexibility index (Phi) is 20.5. The van der Waals surface area contributed by atoms with Crippen molar-refractivity contribution in [3.63, 3.8) is 0 Å². The van der Waals surface area contributed by atoms with Crippen LogP contribution >= 0.6 is 7.82 Å². The number of phosphoric ester groups is 1. The number of aryl methyl sites for hydroxylation is 3. The van der Waals surface area contributed by atoms with Gasteiger partial charge in [0.1, 0.15) is 17.2 Å². The van der Waals surface area contributed by atoms with Gasteiger partial charge in [-0.15, -0.1) is 18.3 Å². The average Bonchev–Trinajstić information content (AvgIpc) is 2.77. The molecule has 0 aliphatic rings. The zero-order chi connectivity index (χ0) is 29.3. The van der Waals surface area contributed by atoms with Crippen LogP contribution in [0.1, 0.15) is 58.2 Å². The molecule has 0 saturated carbocycles. The summed E-state index contributed by atoms with van der Waals surface area (Å²) >= 11 is 0. The summed E-state index contributed by atoms with van der Waals surface area (Å²) in [5.74, 6) is 1.24. The fourth-order valence-electron chi connectivity index (χ4n) is 2.24. The van der Waals surface area contributed by atoms with Crippen molar-refractivity contribution >= 4 is 25.2 Å². The summed E-state index contributed by atoms with van der Waals surface area (Å²) in [5, 5.41) is 28.6. The van der Waals surface area contributed by atoms with Crippen LogP contribution in [0.5, 0.6) is 17.2 Å². The van der Waals surface area contributed by atoms with E-state index in [2.05, 4.69) is 0 Å². The van der Waals surface area contributed by atoms with E-state index < -0.39 is 26.1 Å². The maximum atomic E-state index is 13.3. The summed E-state index contributed by atoms with van der Waals surface area (Å²) in [4.78, 5) is 0. The number of phosphoric acid groups is 1. The maximum Gasteiger partial charge on any atom is 3.00 e. The van der Waals surface area contributed by atoms with Crippen LogP contribution in [0.3, 0.4) is 0 Å². The fourth-order valence-corrected chi connectivity index (χ4v) is 3.49. The van der Waals surface area contributed by atoms with Gasteiger partial charge in [0.05, 0.1) is 0 Å². The molecule has 0 atom stereocenters. The predicted octanol–water partition coefficient (Wildman–Crippen LogP) is 5.14. The first-order chi connectivity index (χ1) is 17.6. The SMILES string of the molecule is CC(C)[O-].CC(C)[O-].CC(C)[O-].Cc1ccc(OP(=O)(Oc2ccc(C)cc2)Oc2ccc(C)cc2)cc1.[Al+3]. The molecular weight excluding hydrogens is 530 g/mol. The van der Waals surface area contributed by atoms with Crippen LogP contribution in [0, 0.1) is 20.8 Å². The van der Waals surface area contributed by atoms with E-state index in [1.54, 1.807) is 77.9 Å². The Morgan fingerprint density at radius 3 is 0.795 bits per heavy atom. The van der Waals surface area contributed by atoms with Crippen molar-refractivity contribution in [1.29, 1.82) is 0 Å². The molecule has 3 aromatic carbocycles. The van der Waals surface area contributed by atoms with Crippen molar-refractivity contribution < 1.29 is 33.5 Å². The molecule has 0 spiro atoms. The van der Waals surface area contributed by atoms with Crippen molar-refractivity contribution in [2.24, 2.45) is 0 Å². The summed E-state index contributed by atoms with van der Waals surface area (Å²) in [6.07, 6.45) is -1.25. The number of rotatable bonds is 6. The van der Waals surface area contributed by atoms with Crippen molar-refractivity contribution in [3.8, 4) is 17.2 Å². The second kappa shape index (κ2) is 20.6. The average molecular weight is 573 g/mol. The zero-order valence-corrected chi connectivity index (χ0v) is 26.6. The molecule has 0 radical (unpaired) electrons. The molecule has 0 aliphatic carbocycles. The molecule has 212 valence electrons. The van der Waals surface area contributed by atoms with Gasteiger partial charge in [-0.05, 0) is 57.2 Å². The molecule has 3 aromatic rings. The molecule has 0 N–H and O–H groups in total. The summed E-state index contributed by atoms with van der Waals surface area (Å²) in [5.41, 5.74) is 3.23. The second-order valence-electron chi connectivity index (χ2n) is 9.31. The van der Waals surface area contributed by atoms with Crippen LogP contribution in [-0.4, -0.2) is 35.7 Å². The third kappa shape index (κ3) is 22.2. The van der Waals surface area contributed by atoms with Gasteiger partial charge in [0.25, 0.3) is 0 Å². The van der Waals surface area contributed by atoms with Crippen molar-refractivity contribution in [2.75, 3.05) is 0 Å².